The number of aliphatic carboxylic acids is 1. The Labute approximate surface area is 159 Å². The van der Waals surface area contributed by atoms with Gasteiger partial charge in [-0.25, -0.2) is 0 Å². The normalized spacial score (nSPS) is 24.2. The molecule has 2 aliphatic heterocycles. The molecule has 9 heteroatoms. The molecule has 0 spiro atoms. The lowest BCUT2D eigenvalue weighted by molar-refractivity contribution is -0.188. The molecule has 6 nitrogen and oxygen atoms in total. The molecule has 0 saturated carbocycles. The Morgan fingerprint density at radius 1 is 1.18 bits per heavy atom. The van der Waals surface area contributed by atoms with Crippen LogP contribution in [0.5, 0.6) is 0 Å². The second-order valence-corrected chi connectivity index (χ2v) is 6.98. The molecule has 0 aromatic heterocycles. The molecule has 2 amide bonds. The summed E-state index contributed by atoms with van der Waals surface area (Å²) < 4.78 is 39.5. The van der Waals surface area contributed by atoms with Crippen LogP contribution in [0.2, 0.25) is 0 Å². The zero-order valence-corrected chi connectivity index (χ0v) is 15.0. The van der Waals surface area contributed by atoms with E-state index in [0.717, 1.165) is 16.0 Å². The van der Waals surface area contributed by atoms with Crippen molar-refractivity contribution in [1.82, 2.24) is 9.80 Å². The van der Waals surface area contributed by atoms with Crippen LogP contribution in [0.15, 0.2) is 30.5 Å². The number of halogens is 3. The third-order valence-electron chi connectivity index (χ3n) is 5.25. The van der Waals surface area contributed by atoms with Crippen LogP contribution in [0.3, 0.4) is 0 Å². The molecule has 1 unspecified atom stereocenters. The van der Waals surface area contributed by atoms with Gasteiger partial charge in [-0.05, 0) is 17.2 Å². The molecular weight excluding hydrogens is 377 g/mol. The summed E-state index contributed by atoms with van der Waals surface area (Å²) in [6, 6.07) is 6.48. The summed E-state index contributed by atoms with van der Waals surface area (Å²) in [6.45, 7) is 0.151. The third-order valence-corrected chi connectivity index (χ3v) is 5.25. The Morgan fingerprint density at radius 2 is 1.86 bits per heavy atom. The van der Waals surface area contributed by atoms with Crippen LogP contribution in [0, 0.1) is 11.8 Å². The summed E-state index contributed by atoms with van der Waals surface area (Å²) in [5.74, 6) is -6.28. The maximum Gasteiger partial charge on any atom is 0.394 e. The van der Waals surface area contributed by atoms with Crippen molar-refractivity contribution in [2.45, 2.75) is 25.6 Å². The quantitative estimate of drug-likeness (QED) is 0.852. The van der Waals surface area contributed by atoms with Gasteiger partial charge in [0.05, 0.1) is 24.3 Å². The average Bonchev–Trinajstić information content (AvgIpc) is 3.08. The van der Waals surface area contributed by atoms with E-state index in [1.165, 1.54) is 11.8 Å². The van der Waals surface area contributed by atoms with Gasteiger partial charge in [-0.1, -0.05) is 24.3 Å². The monoisotopic (exact) mass is 396 g/mol. The number of carboxylic acids is 1. The van der Waals surface area contributed by atoms with Gasteiger partial charge in [0.2, 0.25) is 11.8 Å². The maximum atomic E-state index is 13.2. The van der Waals surface area contributed by atoms with E-state index in [9.17, 15) is 27.6 Å². The largest absolute Gasteiger partial charge is 0.481 e. The highest BCUT2D eigenvalue weighted by Gasteiger charge is 2.53. The number of rotatable bonds is 3. The molecule has 0 radical (unpaired) electrons. The fourth-order valence-corrected chi connectivity index (χ4v) is 3.80. The molecule has 2 aliphatic rings. The molecule has 0 bridgehead atoms. The van der Waals surface area contributed by atoms with Crippen LogP contribution in [-0.2, 0) is 14.4 Å². The molecule has 3 rings (SSSR count). The Balaban J connectivity index is 1.82. The van der Waals surface area contributed by atoms with Gasteiger partial charge in [0.15, 0.2) is 0 Å². The molecule has 2 heterocycles. The zero-order chi connectivity index (χ0) is 20.6. The Kier molecular flexibility index (Phi) is 5.18. The van der Waals surface area contributed by atoms with Gasteiger partial charge < -0.3 is 14.9 Å². The standard InChI is InChI=1S/C19H19F3N2O4/c1-11(25)24-7-6-12-4-2-3-5-13(12)16(24)8-17(26)23-9-14(18(27)28)15(10-23)19(20,21)22/h2-7,14-16H,8-10H2,1H3,(H,27,28)/t14-,15-,16?/m1/s1. The van der Waals surface area contributed by atoms with E-state index in [4.69, 9.17) is 5.11 Å². The van der Waals surface area contributed by atoms with Crippen LogP contribution >= 0.6 is 0 Å². The number of carbonyl (C=O) groups excluding carboxylic acids is 2. The summed E-state index contributed by atoms with van der Waals surface area (Å²) in [4.78, 5) is 38.2. The van der Waals surface area contributed by atoms with Gasteiger partial charge in [0.25, 0.3) is 0 Å². The Hall–Kier alpha value is -2.84. The van der Waals surface area contributed by atoms with Crippen molar-refractivity contribution in [1.29, 1.82) is 0 Å². The molecule has 1 aromatic carbocycles. The van der Waals surface area contributed by atoms with Crippen LogP contribution in [0.1, 0.15) is 30.5 Å². The van der Waals surface area contributed by atoms with E-state index in [-0.39, 0.29) is 12.3 Å². The lowest BCUT2D eigenvalue weighted by Crippen LogP contribution is -2.37. The average molecular weight is 396 g/mol. The van der Waals surface area contributed by atoms with Crippen molar-refractivity contribution in [2.24, 2.45) is 11.8 Å². The minimum atomic E-state index is -4.70. The van der Waals surface area contributed by atoms with Crippen LogP contribution in [0.25, 0.3) is 6.08 Å². The summed E-state index contributed by atoms with van der Waals surface area (Å²) in [5.41, 5.74) is 1.53. The van der Waals surface area contributed by atoms with Gasteiger partial charge in [0, 0.05) is 26.2 Å². The maximum absolute atomic E-state index is 13.2. The number of likely N-dealkylation sites (tertiary alicyclic amines) is 1. The second kappa shape index (κ2) is 7.29. The topological polar surface area (TPSA) is 77.9 Å². The lowest BCUT2D eigenvalue weighted by Gasteiger charge is -2.33. The van der Waals surface area contributed by atoms with Crippen molar-refractivity contribution in [3.63, 3.8) is 0 Å². The first kappa shape index (κ1) is 19.9. The number of alkyl halides is 3. The van der Waals surface area contributed by atoms with Crippen molar-refractivity contribution >= 4 is 23.9 Å². The van der Waals surface area contributed by atoms with E-state index < -0.39 is 49.0 Å². The van der Waals surface area contributed by atoms with Gasteiger partial charge in [-0.3, -0.25) is 14.4 Å². The first-order chi connectivity index (χ1) is 13.1. The minimum Gasteiger partial charge on any atom is -0.481 e. The van der Waals surface area contributed by atoms with Crippen LogP contribution in [-0.4, -0.2) is 52.0 Å². The van der Waals surface area contributed by atoms with Crippen LogP contribution < -0.4 is 0 Å². The highest BCUT2D eigenvalue weighted by Crippen LogP contribution is 2.39. The van der Waals surface area contributed by atoms with Crippen molar-refractivity contribution in [3.8, 4) is 0 Å². The molecule has 28 heavy (non-hydrogen) atoms. The fraction of sp³-hybridized carbons (Fsp3) is 0.421. The predicted molar refractivity (Wildman–Crippen MR) is 92.6 cm³/mol. The number of carbonyl (C=O) groups is 3. The number of nitrogens with zero attached hydrogens (tertiary/aromatic N) is 2. The molecule has 150 valence electrons. The van der Waals surface area contributed by atoms with Crippen molar-refractivity contribution in [2.75, 3.05) is 13.1 Å². The molecule has 1 N–H and O–H groups in total. The molecule has 3 atom stereocenters. The third kappa shape index (κ3) is 3.74. The molecule has 1 aromatic rings. The lowest BCUT2D eigenvalue weighted by atomic mass is 9.93. The number of benzene rings is 1. The van der Waals surface area contributed by atoms with E-state index in [1.54, 1.807) is 30.5 Å². The Morgan fingerprint density at radius 3 is 2.43 bits per heavy atom. The Bertz CT molecular complexity index is 837. The number of hydrogen-bond acceptors (Lipinski definition) is 3. The number of hydrogen-bond donors (Lipinski definition) is 1. The van der Waals surface area contributed by atoms with Crippen LogP contribution in [0.4, 0.5) is 13.2 Å². The van der Waals surface area contributed by atoms with Crippen molar-refractivity contribution < 1.29 is 32.7 Å². The molecule has 0 aliphatic carbocycles. The highest BCUT2D eigenvalue weighted by molar-refractivity contribution is 5.83. The minimum absolute atomic E-state index is 0.224. The van der Waals surface area contributed by atoms with Gasteiger partial charge in [-0.15, -0.1) is 0 Å². The molecule has 1 fully saturated rings. The summed E-state index contributed by atoms with van der Waals surface area (Å²) in [7, 11) is 0. The summed E-state index contributed by atoms with van der Waals surface area (Å²) in [6.07, 6.45) is -1.65. The van der Waals surface area contributed by atoms with Crippen molar-refractivity contribution in [3.05, 3.63) is 41.6 Å². The van der Waals surface area contributed by atoms with Gasteiger partial charge >= 0.3 is 12.1 Å². The SMILES string of the molecule is CC(=O)N1C=Cc2ccccc2C1CC(=O)N1C[C@@H](C(F)(F)F)[C@H](C(=O)O)C1. The number of amides is 2. The fourth-order valence-electron chi connectivity index (χ4n) is 3.80. The predicted octanol–water partition coefficient (Wildman–Crippen LogP) is 2.67. The van der Waals surface area contributed by atoms with Gasteiger partial charge in [-0.2, -0.15) is 13.2 Å². The van der Waals surface area contributed by atoms with E-state index in [0.29, 0.717) is 0 Å². The second-order valence-electron chi connectivity index (χ2n) is 6.98. The smallest absolute Gasteiger partial charge is 0.394 e. The summed E-state index contributed by atoms with van der Waals surface area (Å²) >= 11 is 0. The molecular formula is C19H19F3N2O4. The zero-order valence-electron chi connectivity index (χ0n) is 15.0. The molecule has 1 saturated heterocycles. The van der Waals surface area contributed by atoms with E-state index in [1.807, 2.05) is 6.07 Å². The van der Waals surface area contributed by atoms with E-state index in [2.05, 4.69) is 0 Å². The number of carboxylic acid groups (broad SMARTS) is 1. The van der Waals surface area contributed by atoms with Gasteiger partial charge in [0.1, 0.15) is 0 Å². The summed E-state index contributed by atoms with van der Waals surface area (Å²) in [5, 5.41) is 9.11. The highest BCUT2D eigenvalue weighted by atomic mass is 19.4. The first-order valence-corrected chi connectivity index (χ1v) is 8.73. The number of fused-ring (bicyclic) bond motifs is 1. The first-order valence-electron chi connectivity index (χ1n) is 8.73. The van der Waals surface area contributed by atoms with E-state index >= 15 is 0 Å².